The van der Waals surface area contributed by atoms with Gasteiger partial charge in [0, 0.05) is 23.9 Å². The van der Waals surface area contributed by atoms with Crippen molar-refractivity contribution in [3.8, 4) is 0 Å². The Morgan fingerprint density at radius 3 is 2.90 bits per heavy atom. The first-order chi connectivity index (χ1) is 10.1. The van der Waals surface area contributed by atoms with E-state index in [2.05, 4.69) is 43.4 Å². The Balaban J connectivity index is 1.67. The van der Waals surface area contributed by atoms with E-state index in [1.54, 1.807) is 0 Å². The third-order valence-electron chi connectivity index (χ3n) is 5.17. The van der Waals surface area contributed by atoms with Crippen LogP contribution >= 0.6 is 0 Å². The van der Waals surface area contributed by atoms with Crippen molar-refractivity contribution in [3.05, 3.63) is 35.4 Å². The van der Waals surface area contributed by atoms with Gasteiger partial charge in [-0.05, 0) is 42.7 Å². The zero-order valence-corrected chi connectivity index (χ0v) is 13.1. The lowest BCUT2D eigenvalue weighted by atomic mass is 9.95. The average molecular weight is 286 g/mol. The molecule has 0 heterocycles. The van der Waals surface area contributed by atoms with Crippen LogP contribution in [-0.2, 0) is 16.6 Å². The number of nitrogens with one attached hydrogen (secondary N) is 1. The second kappa shape index (κ2) is 5.45. The van der Waals surface area contributed by atoms with Crippen LogP contribution in [-0.4, -0.2) is 18.5 Å². The summed E-state index contributed by atoms with van der Waals surface area (Å²) in [6, 6.07) is 8.73. The van der Waals surface area contributed by atoms with Gasteiger partial charge in [-0.25, -0.2) is 0 Å². The highest BCUT2D eigenvalue weighted by atomic mass is 16.2. The fourth-order valence-electron chi connectivity index (χ4n) is 4.02. The molecule has 0 saturated heterocycles. The predicted octanol–water partition coefficient (Wildman–Crippen LogP) is 2.38. The molecule has 0 aliphatic heterocycles. The Kier molecular flexibility index (Phi) is 3.78. The molecule has 3 rings (SSSR count). The summed E-state index contributed by atoms with van der Waals surface area (Å²) in [5.74, 6) is 0.921. The molecule has 1 spiro atoms. The zero-order chi connectivity index (χ0) is 15.0. The standard InChI is InChI=1S/C18H26N2O/c1-12(2)9-14(11-19)20-17(21)16-10-18(16)8-7-13-5-3-4-6-15(13)18/h3-6,12,14,16H,7-11,19H2,1-2H3,(H,20,21). The van der Waals surface area contributed by atoms with Crippen LogP contribution in [0.1, 0.15) is 44.2 Å². The summed E-state index contributed by atoms with van der Waals surface area (Å²) >= 11 is 0. The molecule has 3 unspecified atom stereocenters. The number of nitrogens with two attached hydrogens (primary N) is 1. The van der Waals surface area contributed by atoms with Crippen LogP contribution in [0.25, 0.3) is 0 Å². The summed E-state index contributed by atoms with van der Waals surface area (Å²) in [5, 5.41) is 3.18. The van der Waals surface area contributed by atoms with E-state index >= 15 is 0 Å². The third-order valence-corrected chi connectivity index (χ3v) is 5.17. The van der Waals surface area contributed by atoms with Gasteiger partial charge in [0.05, 0.1) is 0 Å². The monoisotopic (exact) mass is 286 g/mol. The molecule has 0 bridgehead atoms. The maximum absolute atomic E-state index is 12.6. The Morgan fingerprint density at radius 1 is 1.43 bits per heavy atom. The first kappa shape index (κ1) is 14.6. The highest BCUT2D eigenvalue weighted by Gasteiger charge is 2.61. The number of carbonyl (C=O) groups excluding carboxylic acids is 1. The first-order valence-electron chi connectivity index (χ1n) is 8.15. The second-order valence-electron chi connectivity index (χ2n) is 7.14. The number of hydrogen-bond donors (Lipinski definition) is 2. The predicted molar refractivity (Wildman–Crippen MR) is 85.0 cm³/mol. The van der Waals surface area contributed by atoms with Crippen LogP contribution < -0.4 is 11.1 Å². The molecule has 114 valence electrons. The molecule has 0 radical (unpaired) electrons. The van der Waals surface area contributed by atoms with E-state index in [1.807, 2.05) is 0 Å². The summed E-state index contributed by atoms with van der Waals surface area (Å²) in [6.45, 7) is 4.86. The highest BCUT2D eigenvalue weighted by molar-refractivity contribution is 5.85. The minimum Gasteiger partial charge on any atom is -0.352 e. The van der Waals surface area contributed by atoms with Gasteiger partial charge >= 0.3 is 0 Å². The normalized spacial score (nSPS) is 27.7. The minimum absolute atomic E-state index is 0.117. The molecule has 0 aromatic heterocycles. The van der Waals surface area contributed by atoms with Gasteiger partial charge in [0.25, 0.3) is 0 Å². The summed E-state index contributed by atoms with van der Waals surface area (Å²) in [7, 11) is 0. The molecule has 1 aromatic carbocycles. The third kappa shape index (κ3) is 2.59. The molecule has 21 heavy (non-hydrogen) atoms. The number of rotatable bonds is 5. The Labute approximate surface area is 127 Å². The van der Waals surface area contributed by atoms with Crippen LogP contribution in [0, 0.1) is 11.8 Å². The van der Waals surface area contributed by atoms with E-state index in [4.69, 9.17) is 5.73 Å². The lowest BCUT2D eigenvalue weighted by Crippen LogP contribution is -2.42. The van der Waals surface area contributed by atoms with Gasteiger partial charge in [0.1, 0.15) is 0 Å². The van der Waals surface area contributed by atoms with E-state index in [-0.39, 0.29) is 23.3 Å². The minimum atomic E-state index is 0.117. The Bertz CT molecular complexity index is 540. The van der Waals surface area contributed by atoms with E-state index in [0.29, 0.717) is 12.5 Å². The van der Waals surface area contributed by atoms with Gasteiger partial charge < -0.3 is 11.1 Å². The molecule has 1 aromatic rings. The molecule has 2 aliphatic rings. The first-order valence-corrected chi connectivity index (χ1v) is 8.15. The molecular formula is C18H26N2O. The van der Waals surface area contributed by atoms with Crippen molar-refractivity contribution in [2.24, 2.45) is 17.6 Å². The number of carbonyl (C=O) groups is 1. The average Bonchev–Trinajstić information content (AvgIpc) is 3.08. The highest BCUT2D eigenvalue weighted by Crippen LogP contribution is 2.61. The van der Waals surface area contributed by atoms with Crippen LogP contribution in [0.4, 0.5) is 0 Å². The van der Waals surface area contributed by atoms with Gasteiger partial charge in [-0.2, -0.15) is 0 Å². The SMILES string of the molecule is CC(C)CC(CN)NC(=O)C1CC12CCc1ccccc12. The van der Waals surface area contributed by atoms with E-state index in [9.17, 15) is 4.79 Å². The molecular weight excluding hydrogens is 260 g/mol. The number of fused-ring (bicyclic) bond motifs is 2. The van der Waals surface area contributed by atoms with Crippen molar-refractivity contribution >= 4 is 5.91 Å². The van der Waals surface area contributed by atoms with Crippen molar-refractivity contribution in [2.75, 3.05) is 6.54 Å². The fraction of sp³-hybridized carbons (Fsp3) is 0.611. The molecule has 3 nitrogen and oxygen atoms in total. The molecule has 1 saturated carbocycles. The van der Waals surface area contributed by atoms with Crippen molar-refractivity contribution < 1.29 is 4.79 Å². The maximum atomic E-state index is 12.6. The quantitative estimate of drug-likeness (QED) is 0.873. The van der Waals surface area contributed by atoms with Gasteiger partial charge in [0.15, 0.2) is 0 Å². The van der Waals surface area contributed by atoms with Crippen LogP contribution in [0.5, 0.6) is 0 Å². The van der Waals surface area contributed by atoms with Crippen molar-refractivity contribution in [1.29, 1.82) is 0 Å². The summed E-state index contributed by atoms with van der Waals surface area (Å²) in [5.41, 5.74) is 8.78. The van der Waals surface area contributed by atoms with Crippen molar-refractivity contribution in [3.63, 3.8) is 0 Å². The van der Waals surface area contributed by atoms with Crippen molar-refractivity contribution in [2.45, 2.75) is 51.0 Å². The van der Waals surface area contributed by atoms with Gasteiger partial charge in [0.2, 0.25) is 5.91 Å². The number of aryl methyl sites for hydroxylation is 1. The summed E-state index contributed by atoms with van der Waals surface area (Å²) in [4.78, 5) is 12.6. The Morgan fingerprint density at radius 2 is 2.19 bits per heavy atom. The molecule has 3 N–H and O–H groups in total. The summed E-state index contributed by atoms with van der Waals surface area (Å²) < 4.78 is 0. The molecule has 1 amide bonds. The van der Waals surface area contributed by atoms with Crippen LogP contribution in [0.15, 0.2) is 24.3 Å². The topological polar surface area (TPSA) is 55.1 Å². The number of amides is 1. The van der Waals surface area contributed by atoms with E-state index in [1.165, 1.54) is 11.1 Å². The molecule has 1 fully saturated rings. The number of hydrogen-bond acceptors (Lipinski definition) is 2. The van der Waals surface area contributed by atoms with Crippen LogP contribution in [0.2, 0.25) is 0 Å². The smallest absolute Gasteiger partial charge is 0.224 e. The number of benzene rings is 1. The zero-order valence-electron chi connectivity index (χ0n) is 13.1. The van der Waals surface area contributed by atoms with Gasteiger partial charge in [-0.3, -0.25) is 4.79 Å². The van der Waals surface area contributed by atoms with E-state index in [0.717, 1.165) is 25.7 Å². The lowest BCUT2D eigenvalue weighted by molar-refractivity contribution is -0.123. The fourth-order valence-corrected chi connectivity index (χ4v) is 4.02. The molecule has 3 atom stereocenters. The lowest BCUT2D eigenvalue weighted by Gasteiger charge is -2.20. The largest absolute Gasteiger partial charge is 0.352 e. The maximum Gasteiger partial charge on any atom is 0.224 e. The van der Waals surface area contributed by atoms with E-state index < -0.39 is 0 Å². The van der Waals surface area contributed by atoms with Crippen LogP contribution in [0.3, 0.4) is 0 Å². The van der Waals surface area contributed by atoms with Crippen molar-refractivity contribution in [1.82, 2.24) is 5.32 Å². The second-order valence-corrected chi connectivity index (χ2v) is 7.14. The van der Waals surface area contributed by atoms with Gasteiger partial charge in [-0.15, -0.1) is 0 Å². The molecule has 3 heteroatoms. The Hall–Kier alpha value is -1.35. The van der Waals surface area contributed by atoms with Gasteiger partial charge in [-0.1, -0.05) is 38.1 Å². The summed E-state index contributed by atoms with van der Waals surface area (Å²) in [6.07, 6.45) is 4.21. The molecule has 2 aliphatic carbocycles.